The predicted molar refractivity (Wildman–Crippen MR) is 82.6 cm³/mol. The molecule has 2 rings (SSSR count). The van der Waals surface area contributed by atoms with Crippen LogP contribution < -0.4 is 5.32 Å². The van der Waals surface area contributed by atoms with Crippen LogP contribution in [0.3, 0.4) is 0 Å². The summed E-state index contributed by atoms with van der Waals surface area (Å²) in [5.41, 5.74) is 1.95. The van der Waals surface area contributed by atoms with E-state index < -0.39 is 11.6 Å². The average Bonchev–Trinajstić information content (AvgIpc) is 2.43. The average molecular weight is 310 g/mol. The highest BCUT2D eigenvalue weighted by Crippen LogP contribution is 2.18. The van der Waals surface area contributed by atoms with Crippen molar-refractivity contribution < 1.29 is 8.78 Å². The van der Waals surface area contributed by atoms with Crippen molar-refractivity contribution in [1.29, 1.82) is 0 Å². The minimum absolute atomic E-state index is 0.290. The van der Waals surface area contributed by atoms with Crippen molar-refractivity contribution in [3.63, 3.8) is 0 Å². The van der Waals surface area contributed by atoms with Crippen molar-refractivity contribution >= 4 is 11.6 Å². The molecule has 0 aromatic heterocycles. The highest BCUT2D eigenvalue weighted by Gasteiger charge is 2.12. The maximum atomic E-state index is 13.3. The van der Waals surface area contributed by atoms with Gasteiger partial charge in [-0.15, -0.1) is 0 Å². The van der Waals surface area contributed by atoms with Crippen LogP contribution in [0.4, 0.5) is 8.78 Å². The van der Waals surface area contributed by atoms with Crippen LogP contribution in [0, 0.1) is 17.6 Å². The third-order valence-corrected chi connectivity index (χ3v) is 3.65. The third kappa shape index (κ3) is 4.80. The normalized spacial score (nSPS) is 12.4. The lowest BCUT2D eigenvalue weighted by Crippen LogP contribution is -2.22. The van der Waals surface area contributed by atoms with Crippen LogP contribution in [0.5, 0.6) is 0 Å². The highest BCUT2D eigenvalue weighted by molar-refractivity contribution is 6.30. The molecule has 1 atom stereocenters. The van der Waals surface area contributed by atoms with Gasteiger partial charge in [-0.05, 0) is 67.7 Å². The molecule has 0 aliphatic carbocycles. The summed E-state index contributed by atoms with van der Waals surface area (Å²) < 4.78 is 26.3. The van der Waals surface area contributed by atoms with Crippen molar-refractivity contribution in [1.82, 2.24) is 5.32 Å². The summed E-state index contributed by atoms with van der Waals surface area (Å²) >= 11 is 6.00. The molecule has 112 valence electrons. The van der Waals surface area contributed by atoms with E-state index in [-0.39, 0.29) is 0 Å². The molecule has 1 N–H and O–H groups in total. The topological polar surface area (TPSA) is 12.0 Å². The van der Waals surface area contributed by atoms with E-state index in [2.05, 4.69) is 5.32 Å². The van der Waals surface area contributed by atoms with Gasteiger partial charge in [0.05, 0.1) is 0 Å². The Balaban J connectivity index is 2.09. The van der Waals surface area contributed by atoms with Crippen LogP contribution in [-0.2, 0) is 12.8 Å². The maximum Gasteiger partial charge on any atom is 0.159 e. The van der Waals surface area contributed by atoms with E-state index in [0.717, 1.165) is 24.1 Å². The Morgan fingerprint density at radius 3 is 2.33 bits per heavy atom. The SMILES string of the molecule is CNCC(Cc1cccc(Cl)c1)Cc1ccc(F)c(F)c1. The van der Waals surface area contributed by atoms with Gasteiger partial charge in [-0.2, -0.15) is 0 Å². The van der Waals surface area contributed by atoms with E-state index in [0.29, 0.717) is 17.4 Å². The van der Waals surface area contributed by atoms with Gasteiger partial charge >= 0.3 is 0 Å². The summed E-state index contributed by atoms with van der Waals surface area (Å²) in [6.07, 6.45) is 1.52. The molecule has 0 saturated carbocycles. The fraction of sp³-hybridized carbons (Fsp3) is 0.294. The second-order valence-corrected chi connectivity index (χ2v) is 5.65. The number of hydrogen-bond acceptors (Lipinski definition) is 1. The standard InChI is InChI=1S/C17H18ClF2N/c1-21-11-14(7-12-3-2-4-15(18)9-12)8-13-5-6-16(19)17(20)10-13/h2-6,9-10,14,21H,7-8,11H2,1H3. The summed E-state index contributed by atoms with van der Waals surface area (Å²) in [7, 11) is 1.89. The molecule has 1 nitrogen and oxygen atoms in total. The lowest BCUT2D eigenvalue weighted by Gasteiger charge is -2.17. The van der Waals surface area contributed by atoms with Gasteiger partial charge in [0.25, 0.3) is 0 Å². The summed E-state index contributed by atoms with van der Waals surface area (Å²) in [6.45, 7) is 0.797. The Labute approximate surface area is 128 Å². The second kappa shape index (κ2) is 7.53. The van der Waals surface area contributed by atoms with Crippen LogP contribution in [0.15, 0.2) is 42.5 Å². The van der Waals surface area contributed by atoms with Crippen molar-refractivity contribution in [3.05, 3.63) is 70.2 Å². The molecule has 0 aliphatic rings. The molecule has 0 bridgehead atoms. The van der Waals surface area contributed by atoms with Gasteiger partial charge in [0, 0.05) is 5.02 Å². The van der Waals surface area contributed by atoms with Crippen LogP contribution in [0.2, 0.25) is 5.02 Å². The Bertz CT molecular complexity index is 601. The quantitative estimate of drug-likeness (QED) is 0.841. The molecule has 0 amide bonds. The summed E-state index contributed by atoms with van der Waals surface area (Å²) in [4.78, 5) is 0. The first-order valence-electron chi connectivity index (χ1n) is 6.91. The van der Waals surface area contributed by atoms with Gasteiger partial charge in [0.15, 0.2) is 11.6 Å². The minimum Gasteiger partial charge on any atom is -0.319 e. The van der Waals surface area contributed by atoms with E-state index >= 15 is 0 Å². The molecule has 2 aromatic carbocycles. The fourth-order valence-corrected chi connectivity index (χ4v) is 2.72. The first-order chi connectivity index (χ1) is 10.1. The summed E-state index contributed by atoms with van der Waals surface area (Å²) in [5, 5.41) is 3.86. The zero-order chi connectivity index (χ0) is 15.2. The molecule has 0 saturated heterocycles. The van der Waals surface area contributed by atoms with E-state index in [1.807, 2.05) is 31.3 Å². The maximum absolute atomic E-state index is 13.3. The monoisotopic (exact) mass is 309 g/mol. The number of benzene rings is 2. The van der Waals surface area contributed by atoms with Crippen LogP contribution in [0.1, 0.15) is 11.1 Å². The summed E-state index contributed by atoms with van der Waals surface area (Å²) in [6, 6.07) is 11.8. The third-order valence-electron chi connectivity index (χ3n) is 3.41. The highest BCUT2D eigenvalue weighted by atomic mass is 35.5. The van der Waals surface area contributed by atoms with Gasteiger partial charge in [0.1, 0.15) is 0 Å². The second-order valence-electron chi connectivity index (χ2n) is 5.21. The molecule has 21 heavy (non-hydrogen) atoms. The smallest absolute Gasteiger partial charge is 0.159 e. The lowest BCUT2D eigenvalue weighted by molar-refractivity contribution is 0.483. The number of nitrogens with one attached hydrogen (secondary N) is 1. The lowest BCUT2D eigenvalue weighted by atomic mass is 9.92. The molecular formula is C17H18ClF2N. The molecule has 4 heteroatoms. The first kappa shape index (κ1) is 15.9. The molecular weight excluding hydrogens is 292 g/mol. The number of hydrogen-bond donors (Lipinski definition) is 1. The number of halogens is 3. The molecule has 0 fully saturated rings. The van der Waals surface area contributed by atoms with E-state index in [1.165, 1.54) is 12.1 Å². The first-order valence-corrected chi connectivity index (χ1v) is 7.29. The largest absolute Gasteiger partial charge is 0.319 e. The fourth-order valence-electron chi connectivity index (χ4n) is 2.50. The Kier molecular flexibility index (Phi) is 5.71. The predicted octanol–water partition coefficient (Wildman–Crippen LogP) is 4.24. The Morgan fingerprint density at radius 2 is 1.71 bits per heavy atom. The van der Waals surface area contributed by atoms with Gasteiger partial charge in [-0.1, -0.05) is 29.8 Å². The molecule has 0 heterocycles. The number of rotatable bonds is 6. The molecule has 2 aromatic rings. The van der Waals surface area contributed by atoms with Gasteiger partial charge in [0.2, 0.25) is 0 Å². The Hall–Kier alpha value is -1.45. The van der Waals surface area contributed by atoms with E-state index in [1.54, 1.807) is 6.07 Å². The van der Waals surface area contributed by atoms with E-state index in [4.69, 9.17) is 11.6 Å². The van der Waals surface area contributed by atoms with Gasteiger partial charge in [-0.3, -0.25) is 0 Å². The minimum atomic E-state index is -0.807. The Morgan fingerprint density at radius 1 is 1.00 bits per heavy atom. The zero-order valence-corrected chi connectivity index (χ0v) is 12.6. The van der Waals surface area contributed by atoms with Crippen LogP contribution in [-0.4, -0.2) is 13.6 Å². The zero-order valence-electron chi connectivity index (χ0n) is 11.9. The van der Waals surface area contributed by atoms with Crippen molar-refractivity contribution in [3.8, 4) is 0 Å². The van der Waals surface area contributed by atoms with Crippen molar-refractivity contribution in [2.45, 2.75) is 12.8 Å². The van der Waals surface area contributed by atoms with Crippen LogP contribution >= 0.6 is 11.6 Å². The van der Waals surface area contributed by atoms with Crippen molar-refractivity contribution in [2.24, 2.45) is 5.92 Å². The molecule has 0 aliphatic heterocycles. The summed E-state index contributed by atoms with van der Waals surface area (Å²) in [5.74, 6) is -1.31. The molecule has 0 radical (unpaired) electrons. The van der Waals surface area contributed by atoms with Crippen molar-refractivity contribution in [2.75, 3.05) is 13.6 Å². The van der Waals surface area contributed by atoms with Gasteiger partial charge in [-0.25, -0.2) is 8.78 Å². The van der Waals surface area contributed by atoms with Gasteiger partial charge < -0.3 is 5.32 Å². The van der Waals surface area contributed by atoms with Crippen LogP contribution in [0.25, 0.3) is 0 Å². The molecule has 0 spiro atoms. The molecule has 1 unspecified atom stereocenters. The van der Waals surface area contributed by atoms with E-state index in [9.17, 15) is 8.78 Å².